The summed E-state index contributed by atoms with van der Waals surface area (Å²) in [6.45, 7) is 0.823. The number of nitro benzene ring substituents is 1. The lowest BCUT2D eigenvalue weighted by molar-refractivity contribution is -0.384. The average Bonchev–Trinajstić information content (AvgIpc) is 2.62. The highest BCUT2D eigenvalue weighted by Crippen LogP contribution is 2.17. The molecule has 0 aromatic heterocycles. The van der Waals surface area contributed by atoms with E-state index in [-0.39, 0.29) is 24.1 Å². The minimum atomic E-state index is -0.486. The summed E-state index contributed by atoms with van der Waals surface area (Å²) in [6, 6.07) is 11.3. The molecule has 0 unspecified atom stereocenters. The molecular formula is C17H18FN3O4. The lowest BCUT2D eigenvalue weighted by atomic mass is 10.2. The zero-order valence-electron chi connectivity index (χ0n) is 13.6. The van der Waals surface area contributed by atoms with E-state index in [0.29, 0.717) is 18.8 Å². The lowest BCUT2D eigenvalue weighted by Gasteiger charge is -2.22. The Kier molecular flexibility index (Phi) is 6.27. The van der Waals surface area contributed by atoms with Gasteiger partial charge in [0.1, 0.15) is 18.2 Å². The van der Waals surface area contributed by atoms with Gasteiger partial charge in [0.15, 0.2) is 0 Å². The summed E-state index contributed by atoms with van der Waals surface area (Å²) in [5.74, 6) is 0.140. The number of nitro groups is 1. The molecule has 2 rings (SSSR count). The van der Waals surface area contributed by atoms with Gasteiger partial charge in [0.25, 0.3) is 5.69 Å². The standard InChI is InChI=1S/C17H18FN3O4/c1-19-17(22)20(12-13-2-4-14(18)5-3-13)10-11-25-16-8-6-15(7-9-16)21(23)24/h2-9H,10-12H2,1H3,(H,19,22). The fourth-order valence-electron chi connectivity index (χ4n) is 2.16. The Bertz CT molecular complexity index is 720. The number of hydrogen-bond acceptors (Lipinski definition) is 4. The number of urea groups is 1. The van der Waals surface area contributed by atoms with Crippen molar-refractivity contribution < 1.29 is 18.8 Å². The quantitative estimate of drug-likeness (QED) is 0.616. The minimum Gasteiger partial charge on any atom is -0.492 e. The number of ether oxygens (including phenoxy) is 1. The normalized spacial score (nSPS) is 10.2. The summed E-state index contributed by atoms with van der Waals surface area (Å²) in [6.07, 6.45) is 0. The fourth-order valence-corrected chi connectivity index (χ4v) is 2.16. The van der Waals surface area contributed by atoms with E-state index in [9.17, 15) is 19.3 Å². The van der Waals surface area contributed by atoms with Gasteiger partial charge in [-0.1, -0.05) is 12.1 Å². The van der Waals surface area contributed by atoms with Crippen LogP contribution in [0.2, 0.25) is 0 Å². The minimum absolute atomic E-state index is 0.0179. The second-order valence-corrected chi connectivity index (χ2v) is 5.20. The van der Waals surface area contributed by atoms with Crippen LogP contribution in [0, 0.1) is 15.9 Å². The predicted molar refractivity (Wildman–Crippen MR) is 89.9 cm³/mol. The van der Waals surface area contributed by atoms with Gasteiger partial charge in [-0.15, -0.1) is 0 Å². The highest BCUT2D eigenvalue weighted by Gasteiger charge is 2.13. The summed E-state index contributed by atoms with van der Waals surface area (Å²) in [5.41, 5.74) is 0.774. The number of hydrogen-bond donors (Lipinski definition) is 1. The molecule has 2 aromatic carbocycles. The molecule has 0 aliphatic carbocycles. The van der Waals surface area contributed by atoms with Crippen LogP contribution in [0.1, 0.15) is 5.56 Å². The van der Waals surface area contributed by atoms with Gasteiger partial charge in [-0.3, -0.25) is 10.1 Å². The van der Waals surface area contributed by atoms with E-state index >= 15 is 0 Å². The van der Waals surface area contributed by atoms with Crippen molar-refractivity contribution in [2.24, 2.45) is 0 Å². The van der Waals surface area contributed by atoms with E-state index in [2.05, 4.69) is 5.32 Å². The van der Waals surface area contributed by atoms with Crippen LogP contribution in [0.5, 0.6) is 5.75 Å². The Morgan fingerprint density at radius 2 is 1.84 bits per heavy atom. The van der Waals surface area contributed by atoms with Crippen molar-refractivity contribution in [3.63, 3.8) is 0 Å². The number of non-ortho nitro benzene ring substituents is 1. The van der Waals surface area contributed by atoms with Crippen molar-refractivity contribution in [3.05, 3.63) is 70.0 Å². The molecule has 0 saturated heterocycles. The molecule has 0 radical (unpaired) electrons. The molecule has 132 valence electrons. The summed E-state index contributed by atoms with van der Waals surface area (Å²) in [5, 5.41) is 13.2. The van der Waals surface area contributed by atoms with E-state index in [1.54, 1.807) is 12.1 Å². The smallest absolute Gasteiger partial charge is 0.317 e. The molecule has 25 heavy (non-hydrogen) atoms. The first-order chi connectivity index (χ1) is 12.0. The van der Waals surface area contributed by atoms with Crippen LogP contribution in [-0.2, 0) is 6.54 Å². The molecule has 2 aromatic rings. The third kappa shape index (κ3) is 5.45. The van der Waals surface area contributed by atoms with Crippen LogP contribution in [-0.4, -0.2) is 36.1 Å². The number of amides is 2. The molecule has 7 nitrogen and oxygen atoms in total. The van der Waals surface area contributed by atoms with Crippen molar-refractivity contribution in [3.8, 4) is 5.75 Å². The van der Waals surface area contributed by atoms with Gasteiger partial charge in [-0.25, -0.2) is 9.18 Å². The van der Waals surface area contributed by atoms with E-state index in [1.165, 1.54) is 48.3 Å². The highest BCUT2D eigenvalue weighted by molar-refractivity contribution is 5.73. The molecule has 1 N–H and O–H groups in total. The van der Waals surface area contributed by atoms with E-state index in [0.717, 1.165) is 5.56 Å². The van der Waals surface area contributed by atoms with Crippen molar-refractivity contribution in [1.82, 2.24) is 10.2 Å². The van der Waals surface area contributed by atoms with Crippen LogP contribution in [0.25, 0.3) is 0 Å². The summed E-state index contributed by atoms with van der Waals surface area (Å²) in [4.78, 5) is 23.6. The van der Waals surface area contributed by atoms with Gasteiger partial charge in [-0.2, -0.15) is 0 Å². The van der Waals surface area contributed by atoms with Crippen molar-refractivity contribution in [2.75, 3.05) is 20.2 Å². The maximum absolute atomic E-state index is 13.0. The molecule has 0 bridgehead atoms. The molecular weight excluding hydrogens is 329 g/mol. The molecule has 0 aliphatic rings. The molecule has 0 aliphatic heterocycles. The third-order valence-electron chi connectivity index (χ3n) is 3.47. The fraction of sp³-hybridized carbons (Fsp3) is 0.235. The van der Waals surface area contributed by atoms with Crippen LogP contribution >= 0.6 is 0 Å². The predicted octanol–water partition coefficient (Wildman–Crippen LogP) is 2.95. The Hall–Kier alpha value is -3.16. The van der Waals surface area contributed by atoms with Crippen LogP contribution in [0.15, 0.2) is 48.5 Å². The number of nitrogens with one attached hydrogen (secondary N) is 1. The van der Waals surface area contributed by atoms with E-state index in [4.69, 9.17) is 4.74 Å². The number of benzene rings is 2. The Balaban J connectivity index is 1.92. The number of carbonyl (C=O) groups excluding carboxylic acids is 1. The Morgan fingerprint density at radius 3 is 2.40 bits per heavy atom. The first-order valence-corrected chi connectivity index (χ1v) is 7.58. The van der Waals surface area contributed by atoms with Crippen molar-refractivity contribution in [1.29, 1.82) is 0 Å². The topological polar surface area (TPSA) is 84.7 Å². The van der Waals surface area contributed by atoms with Gasteiger partial charge in [0.2, 0.25) is 0 Å². The van der Waals surface area contributed by atoms with Gasteiger partial charge in [0, 0.05) is 25.7 Å². The number of nitrogens with zero attached hydrogens (tertiary/aromatic N) is 2. The van der Waals surface area contributed by atoms with Gasteiger partial charge < -0.3 is 15.0 Å². The molecule has 0 spiro atoms. The maximum atomic E-state index is 13.0. The first-order valence-electron chi connectivity index (χ1n) is 7.58. The number of rotatable bonds is 7. The summed E-state index contributed by atoms with van der Waals surface area (Å²) < 4.78 is 18.5. The average molecular weight is 347 g/mol. The van der Waals surface area contributed by atoms with Gasteiger partial charge >= 0.3 is 6.03 Å². The third-order valence-corrected chi connectivity index (χ3v) is 3.47. The highest BCUT2D eigenvalue weighted by atomic mass is 19.1. The summed E-state index contributed by atoms with van der Waals surface area (Å²) in [7, 11) is 1.52. The lowest BCUT2D eigenvalue weighted by Crippen LogP contribution is -2.40. The zero-order chi connectivity index (χ0) is 18.2. The zero-order valence-corrected chi connectivity index (χ0v) is 13.6. The van der Waals surface area contributed by atoms with Crippen LogP contribution in [0.4, 0.5) is 14.9 Å². The maximum Gasteiger partial charge on any atom is 0.317 e. The van der Waals surface area contributed by atoms with Crippen LogP contribution < -0.4 is 10.1 Å². The number of halogens is 1. The van der Waals surface area contributed by atoms with Gasteiger partial charge in [-0.05, 0) is 29.8 Å². The molecule has 0 atom stereocenters. The largest absolute Gasteiger partial charge is 0.492 e. The summed E-state index contributed by atoms with van der Waals surface area (Å²) >= 11 is 0. The molecule has 0 saturated carbocycles. The second kappa shape index (κ2) is 8.62. The van der Waals surface area contributed by atoms with E-state index in [1.807, 2.05) is 0 Å². The van der Waals surface area contributed by atoms with Crippen LogP contribution in [0.3, 0.4) is 0 Å². The molecule has 8 heteroatoms. The van der Waals surface area contributed by atoms with Crippen molar-refractivity contribution in [2.45, 2.75) is 6.54 Å². The number of carbonyl (C=O) groups is 1. The molecule has 2 amide bonds. The van der Waals surface area contributed by atoms with Gasteiger partial charge in [0.05, 0.1) is 11.5 Å². The second-order valence-electron chi connectivity index (χ2n) is 5.20. The first kappa shape index (κ1) is 18.2. The molecule has 0 fully saturated rings. The molecule has 0 heterocycles. The Morgan fingerprint density at radius 1 is 1.20 bits per heavy atom. The van der Waals surface area contributed by atoms with E-state index < -0.39 is 4.92 Å². The van der Waals surface area contributed by atoms with Crippen molar-refractivity contribution >= 4 is 11.7 Å². The Labute approximate surface area is 144 Å². The SMILES string of the molecule is CNC(=O)N(CCOc1ccc([N+](=O)[O-])cc1)Cc1ccc(F)cc1. The monoisotopic (exact) mass is 347 g/mol.